The number of aliphatic hydroxyl groups is 2. The molecule has 0 unspecified atom stereocenters. The van der Waals surface area contributed by atoms with Crippen molar-refractivity contribution < 1.29 is 15.0 Å². The van der Waals surface area contributed by atoms with E-state index in [-0.39, 0.29) is 12.5 Å². The number of fused-ring (bicyclic) bond motifs is 3. The number of aryl methyl sites for hydroxylation is 2. The molecule has 2 aliphatic rings. The zero-order valence-electron chi connectivity index (χ0n) is 14.0. The summed E-state index contributed by atoms with van der Waals surface area (Å²) in [5.41, 5.74) is 3.26. The first-order valence-electron chi connectivity index (χ1n) is 8.79. The predicted molar refractivity (Wildman–Crippen MR) is 92.1 cm³/mol. The number of carbonyl (C=O) groups is 1. The number of rotatable bonds is 1. The Kier molecular flexibility index (Phi) is 3.66. The van der Waals surface area contributed by atoms with E-state index in [0.29, 0.717) is 18.5 Å². The zero-order chi connectivity index (χ0) is 16.9. The molecule has 0 radical (unpaired) electrons. The number of β-amino-alcohol motifs (C(OH)–C–C–N with tert-alkyl or cyclic N) is 1. The number of amides is 1. The highest BCUT2D eigenvalue weighted by Gasteiger charge is 2.38. The molecule has 5 nitrogen and oxygen atoms in total. The van der Waals surface area contributed by atoms with Crippen LogP contribution in [0.3, 0.4) is 0 Å². The van der Waals surface area contributed by atoms with Gasteiger partial charge >= 0.3 is 0 Å². The minimum Gasteiger partial charge on any atom is -0.388 e. The number of H-pyrrole nitrogens is 1. The van der Waals surface area contributed by atoms with E-state index in [1.807, 2.05) is 18.2 Å². The number of benzene rings is 1. The average Bonchev–Trinajstić information content (AvgIpc) is 2.94. The maximum Gasteiger partial charge on any atom is 0.254 e. The van der Waals surface area contributed by atoms with Crippen LogP contribution in [-0.2, 0) is 12.8 Å². The highest BCUT2D eigenvalue weighted by atomic mass is 16.3. The van der Waals surface area contributed by atoms with Crippen LogP contribution in [-0.4, -0.2) is 50.8 Å². The second-order valence-corrected chi connectivity index (χ2v) is 7.42. The number of hydrogen-bond donors (Lipinski definition) is 3. The van der Waals surface area contributed by atoms with Crippen molar-refractivity contribution in [1.82, 2.24) is 9.88 Å². The molecule has 1 amide bonds. The Morgan fingerprint density at radius 2 is 2.12 bits per heavy atom. The van der Waals surface area contributed by atoms with Gasteiger partial charge < -0.3 is 20.1 Å². The lowest BCUT2D eigenvalue weighted by atomic mass is 9.90. The Morgan fingerprint density at radius 1 is 1.33 bits per heavy atom. The number of nitrogens with zero attached hydrogens (tertiary/aromatic N) is 1. The minimum absolute atomic E-state index is 0.0842. The van der Waals surface area contributed by atoms with Gasteiger partial charge in [-0.3, -0.25) is 4.79 Å². The fourth-order valence-corrected chi connectivity index (χ4v) is 3.94. The van der Waals surface area contributed by atoms with E-state index in [9.17, 15) is 15.0 Å². The Hall–Kier alpha value is -1.85. The smallest absolute Gasteiger partial charge is 0.254 e. The second-order valence-electron chi connectivity index (χ2n) is 7.42. The number of piperidine rings is 1. The predicted octanol–water partition coefficient (Wildman–Crippen LogP) is 2.00. The topological polar surface area (TPSA) is 76.6 Å². The van der Waals surface area contributed by atoms with E-state index in [4.69, 9.17) is 0 Å². The molecular weight excluding hydrogens is 304 g/mol. The lowest BCUT2D eigenvalue weighted by Crippen LogP contribution is -2.55. The first kappa shape index (κ1) is 15.7. The van der Waals surface area contributed by atoms with Gasteiger partial charge in [0, 0.05) is 35.2 Å². The van der Waals surface area contributed by atoms with Crippen molar-refractivity contribution >= 4 is 16.8 Å². The third-order valence-corrected chi connectivity index (χ3v) is 5.63. The summed E-state index contributed by atoms with van der Waals surface area (Å²) in [5.74, 6) is -0.0842. The van der Waals surface area contributed by atoms with E-state index in [1.165, 1.54) is 29.5 Å². The molecule has 5 heteroatoms. The zero-order valence-corrected chi connectivity index (χ0v) is 14.0. The van der Waals surface area contributed by atoms with Crippen molar-refractivity contribution in [1.29, 1.82) is 0 Å². The van der Waals surface area contributed by atoms with Gasteiger partial charge in [0.1, 0.15) is 0 Å². The van der Waals surface area contributed by atoms with E-state index >= 15 is 0 Å². The summed E-state index contributed by atoms with van der Waals surface area (Å²) in [6.07, 6.45) is 4.12. The maximum atomic E-state index is 12.8. The highest BCUT2D eigenvalue weighted by molar-refractivity contribution is 5.99. The van der Waals surface area contributed by atoms with Crippen LogP contribution in [0.4, 0.5) is 0 Å². The Bertz CT molecular complexity index is 793. The summed E-state index contributed by atoms with van der Waals surface area (Å²) in [7, 11) is 0. The Morgan fingerprint density at radius 3 is 2.92 bits per heavy atom. The first-order valence-corrected chi connectivity index (χ1v) is 8.79. The lowest BCUT2D eigenvalue weighted by molar-refractivity contribution is -0.0999. The third-order valence-electron chi connectivity index (χ3n) is 5.63. The molecule has 0 bridgehead atoms. The van der Waals surface area contributed by atoms with Crippen LogP contribution >= 0.6 is 0 Å². The summed E-state index contributed by atoms with van der Waals surface area (Å²) in [5, 5.41) is 21.3. The van der Waals surface area contributed by atoms with E-state index in [2.05, 4.69) is 4.98 Å². The number of hydrogen-bond acceptors (Lipinski definition) is 3. The van der Waals surface area contributed by atoms with Gasteiger partial charge in [0.2, 0.25) is 0 Å². The molecule has 0 spiro atoms. The molecule has 24 heavy (non-hydrogen) atoms. The molecule has 1 fully saturated rings. The lowest BCUT2D eigenvalue weighted by Gasteiger charge is -2.39. The third kappa shape index (κ3) is 2.52. The SMILES string of the molecule is C[C@@]1(O)CCN(C(=O)c2ccc3c4c([nH]c3c2)CCCC4)C[C@@H]1O. The number of nitrogens with one attached hydrogen (secondary N) is 1. The molecule has 1 saturated heterocycles. The summed E-state index contributed by atoms with van der Waals surface area (Å²) in [6, 6.07) is 5.85. The van der Waals surface area contributed by atoms with Gasteiger partial charge in [-0.2, -0.15) is 0 Å². The number of aromatic amines is 1. The highest BCUT2D eigenvalue weighted by Crippen LogP contribution is 2.30. The molecular formula is C19H24N2O3. The summed E-state index contributed by atoms with van der Waals surface area (Å²) < 4.78 is 0. The molecule has 3 N–H and O–H groups in total. The van der Waals surface area contributed by atoms with Crippen LogP contribution in [0, 0.1) is 0 Å². The normalized spacial score (nSPS) is 27.3. The molecule has 4 rings (SSSR count). The molecule has 1 aliphatic heterocycles. The maximum absolute atomic E-state index is 12.8. The van der Waals surface area contributed by atoms with E-state index in [1.54, 1.807) is 11.8 Å². The van der Waals surface area contributed by atoms with Crippen LogP contribution in [0.5, 0.6) is 0 Å². The van der Waals surface area contributed by atoms with Crippen molar-refractivity contribution in [3.63, 3.8) is 0 Å². The van der Waals surface area contributed by atoms with Gasteiger partial charge in [-0.15, -0.1) is 0 Å². The number of aromatic nitrogens is 1. The van der Waals surface area contributed by atoms with Gasteiger partial charge in [-0.1, -0.05) is 6.07 Å². The molecule has 128 valence electrons. The van der Waals surface area contributed by atoms with Gasteiger partial charge in [-0.05, 0) is 56.7 Å². The quantitative estimate of drug-likeness (QED) is 0.749. The van der Waals surface area contributed by atoms with Crippen molar-refractivity contribution in [2.24, 2.45) is 0 Å². The van der Waals surface area contributed by atoms with Crippen LogP contribution in [0.15, 0.2) is 18.2 Å². The van der Waals surface area contributed by atoms with E-state index in [0.717, 1.165) is 18.4 Å². The molecule has 2 atom stereocenters. The molecule has 2 heterocycles. The van der Waals surface area contributed by atoms with Crippen molar-refractivity contribution in [2.45, 2.75) is 50.7 Å². The summed E-state index contributed by atoms with van der Waals surface area (Å²) in [6.45, 7) is 2.25. The standard InChI is InChI=1S/C19H24N2O3/c1-19(24)8-9-21(11-17(19)22)18(23)12-6-7-14-13-4-2-3-5-15(13)20-16(14)10-12/h6-7,10,17,20,22,24H,2-5,8-9,11H2,1H3/t17-,19+/m0/s1. The van der Waals surface area contributed by atoms with Crippen LogP contribution in [0.2, 0.25) is 0 Å². The number of carbonyl (C=O) groups excluding carboxylic acids is 1. The first-order chi connectivity index (χ1) is 11.5. The van der Waals surface area contributed by atoms with Crippen molar-refractivity contribution in [3.8, 4) is 0 Å². The Balaban J connectivity index is 1.61. The number of likely N-dealkylation sites (tertiary alicyclic amines) is 1. The van der Waals surface area contributed by atoms with Crippen molar-refractivity contribution in [3.05, 3.63) is 35.0 Å². The Labute approximate surface area is 141 Å². The largest absolute Gasteiger partial charge is 0.388 e. The van der Waals surface area contributed by atoms with Gasteiger partial charge in [0.15, 0.2) is 0 Å². The van der Waals surface area contributed by atoms with Crippen LogP contribution in [0.25, 0.3) is 10.9 Å². The second kappa shape index (κ2) is 5.60. The summed E-state index contributed by atoms with van der Waals surface area (Å²) >= 11 is 0. The molecule has 2 aromatic rings. The van der Waals surface area contributed by atoms with Crippen LogP contribution in [0.1, 0.15) is 47.8 Å². The minimum atomic E-state index is -1.11. The summed E-state index contributed by atoms with van der Waals surface area (Å²) in [4.78, 5) is 17.9. The van der Waals surface area contributed by atoms with Crippen molar-refractivity contribution in [2.75, 3.05) is 13.1 Å². The molecule has 1 aromatic heterocycles. The van der Waals surface area contributed by atoms with Gasteiger partial charge in [0.05, 0.1) is 11.7 Å². The fraction of sp³-hybridized carbons (Fsp3) is 0.526. The van der Waals surface area contributed by atoms with Crippen LogP contribution < -0.4 is 0 Å². The van der Waals surface area contributed by atoms with E-state index < -0.39 is 11.7 Å². The van der Waals surface area contributed by atoms with Gasteiger partial charge in [-0.25, -0.2) is 0 Å². The molecule has 1 aromatic carbocycles. The number of aliphatic hydroxyl groups excluding tert-OH is 1. The van der Waals surface area contributed by atoms with Gasteiger partial charge in [0.25, 0.3) is 5.91 Å². The fourth-order valence-electron chi connectivity index (χ4n) is 3.94. The molecule has 0 saturated carbocycles. The monoisotopic (exact) mass is 328 g/mol. The molecule has 1 aliphatic carbocycles. The average molecular weight is 328 g/mol.